The molecule has 0 saturated carbocycles. The van der Waals surface area contributed by atoms with E-state index >= 15 is 0 Å². The molecule has 0 atom stereocenters. The number of benzene rings is 1. The maximum absolute atomic E-state index is 12.4. The molecular formula is C15H14N2O4. The zero-order valence-electron chi connectivity index (χ0n) is 11.4. The number of aromatic nitrogens is 1. The van der Waals surface area contributed by atoms with Crippen LogP contribution in [-0.4, -0.2) is 28.5 Å². The lowest BCUT2D eigenvalue weighted by Crippen LogP contribution is -2.36. The van der Waals surface area contributed by atoms with Crippen LogP contribution in [0.15, 0.2) is 47.4 Å². The van der Waals surface area contributed by atoms with Crippen LogP contribution in [0.2, 0.25) is 0 Å². The highest BCUT2D eigenvalue weighted by Gasteiger charge is 2.20. The lowest BCUT2D eigenvalue weighted by Gasteiger charge is -2.21. The normalized spacial score (nSPS) is 10.1. The number of nitrogens with one attached hydrogen (secondary N) is 1. The van der Waals surface area contributed by atoms with Gasteiger partial charge in [0, 0.05) is 23.5 Å². The first kappa shape index (κ1) is 14.5. The second-order valence-electron chi connectivity index (χ2n) is 4.56. The Morgan fingerprint density at radius 1 is 1.19 bits per heavy atom. The predicted molar refractivity (Wildman–Crippen MR) is 77.6 cm³/mol. The first-order chi connectivity index (χ1) is 9.97. The van der Waals surface area contributed by atoms with Crippen LogP contribution in [0, 0.1) is 6.92 Å². The third kappa shape index (κ3) is 3.56. The number of carbonyl (C=O) groups excluding carboxylic acids is 1. The summed E-state index contributed by atoms with van der Waals surface area (Å²) in [6.45, 7) is 1.42. The van der Waals surface area contributed by atoms with E-state index in [9.17, 15) is 14.4 Å². The Bertz CT molecular complexity index is 719. The van der Waals surface area contributed by atoms with Crippen LogP contribution >= 0.6 is 0 Å². The lowest BCUT2D eigenvalue weighted by atomic mass is 10.2. The predicted octanol–water partition coefficient (Wildman–Crippen LogP) is 1.41. The van der Waals surface area contributed by atoms with Crippen LogP contribution in [0.25, 0.3) is 0 Å². The van der Waals surface area contributed by atoms with E-state index < -0.39 is 24.0 Å². The molecule has 108 valence electrons. The average Bonchev–Trinajstić information content (AvgIpc) is 2.45. The number of rotatable bonds is 4. The molecule has 21 heavy (non-hydrogen) atoms. The molecule has 0 radical (unpaired) electrons. The number of pyridine rings is 1. The van der Waals surface area contributed by atoms with E-state index in [-0.39, 0.29) is 5.56 Å². The van der Waals surface area contributed by atoms with Crippen molar-refractivity contribution in [2.45, 2.75) is 6.92 Å². The topological polar surface area (TPSA) is 90.5 Å². The van der Waals surface area contributed by atoms with Crippen molar-refractivity contribution in [2.75, 3.05) is 11.4 Å². The van der Waals surface area contributed by atoms with Gasteiger partial charge in [0.05, 0.1) is 0 Å². The second kappa shape index (κ2) is 6.04. The van der Waals surface area contributed by atoms with Crippen LogP contribution in [0.1, 0.15) is 15.9 Å². The van der Waals surface area contributed by atoms with Crippen LogP contribution in [0.5, 0.6) is 0 Å². The Morgan fingerprint density at radius 3 is 2.43 bits per heavy atom. The van der Waals surface area contributed by atoms with Gasteiger partial charge in [-0.05, 0) is 25.1 Å². The van der Waals surface area contributed by atoms with Gasteiger partial charge in [0.1, 0.15) is 6.54 Å². The molecule has 1 aromatic heterocycles. The molecule has 1 aromatic carbocycles. The summed E-state index contributed by atoms with van der Waals surface area (Å²) in [4.78, 5) is 38.2. The minimum atomic E-state index is -1.13. The van der Waals surface area contributed by atoms with E-state index in [2.05, 4.69) is 4.98 Å². The number of hydrogen-bond donors (Lipinski definition) is 2. The molecule has 1 heterocycles. The van der Waals surface area contributed by atoms with Crippen molar-refractivity contribution in [1.29, 1.82) is 0 Å². The summed E-state index contributed by atoms with van der Waals surface area (Å²) < 4.78 is 0. The van der Waals surface area contributed by atoms with Crippen molar-refractivity contribution in [3.05, 3.63) is 64.1 Å². The molecule has 0 unspecified atom stereocenters. The van der Waals surface area contributed by atoms with Crippen LogP contribution in [0.4, 0.5) is 5.69 Å². The monoisotopic (exact) mass is 286 g/mol. The summed E-state index contributed by atoms with van der Waals surface area (Å²) in [6, 6.07) is 9.50. The molecule has 6 heteroatoms. The van der Waals surface area contributed by atoms with E-state index in [1.165, 1.54) is 12.3 Å². The fourth-order valence-corrected chi connectivity index (χ4v) is 1.87. The van der Waals surface area contributed by atoms with E-state index in [1.54, 1.807) is 24.3 Å². The number of carbonyl (C=O) groups is 2. The molecule has 0 fully saturated rings. The minimum absolute atomic E-state index is 0.139. The molecule has 0 aliphatic carbocycles. The number of aromatic amines is 1. The summed E-state index contributed by atoms with van der Waals surface area (Å²) in [5.74, 6) is -1.67. The molecule has 2 aromatic rings. The zero-order valence-corrected chi connectivity index (χ0v) is 11.4. The molecular weight excluding hydrogens is 272 g/mol. The van der Waals surface area contributed by atoms with E-state index in [0.29, 0.717) is 5.69 Å². The highest BCUT2D eigenvalue weighted by molar-refractivity contribution is 6.08. The van der Waals surface area contributed by atoms with Crippen LogP contribution in [0.3, 0.4) is 0 Å². The summed E-state index contributed by atoms with van der Waals surface area (Å²) in [6.07, 6.45) is 1.35. The number of hydrogen-bond acceptors (Lipinski definition) is 3. The molecule has 6 nitrogen and oxygen atoms in total. The molecule has 0 saturated heterocycles. The Hall–Kier alpha value is -2.89. The van der Waals surface area contributed by atoms with Crippen molar-refractivity contribution in [3.63, 3.8) is 0 Å². The van der Waals surface area contributed by atoms with Crippen molar-refractivity contribution >= 4 is 17.6 Å². The fourth-order valence-electron chi connectivity index (χ4n) is 1.87. The molecule has 0 bridgehead atoms. The number of amides is 1. The molecule has 2 N–H and O–H groups in total. The van der Waals surface area contributed by atoms with E-state index in [4.69, 9.17) is 5.11 Å². The van der Waals surface area contributed by atoms with Gasteiger partial charge in [0.2, 0.25) is 5.56 Å². The Kier molecular flexibility index (Phi) is 4.18. The molecule has 2 rings (SSSR count). The first-order valence-electron chi connectivity index (χ1n) is 6.26. The minimum Gasteiger partial charge on any atom is -0.480 e. The third-order valence-corrected chi connectivity index (χ3v) is 2.91. The largest absolute Gasteiger partial charge is 0.480 e. The number of carboxylic acids is 1. The van der Waals surface area contributed by atoms with Crippen molar-refractivity contribution < 1.29 is 14.7 Å². The van der Waals surface area contributed by atoms with Gasteiger partial charge in [-0.1, -0.05) is 17.7 Å². The van der Waals surface area contributed by atoms with E-state index in [0.717, 1.165) is 16.5 Å². The number of carboxylic acid groups (broad SMARTS) is 1. The molecule has 0 aliphatic rings. The van der Waals surface area contributed by atoms with Crippen molar-refractivity contribution in [1.82, 2.24) is 4.98 Å². The van der Waals surface area contributed by atoms with Gasteiger partial charge >= 0.3 is 5.97 Å². The van der Waals surface area contributed by atoms with Crippen molar-refractivity contribution in [3.8, 4) is 0 Å². The zero-order chi connectivity index (χ0) is 15.4. The quantitative estimate of drug-likeness (QED) is 0.889. The molecule has 0 aliphatic heterocycles. The molecule has 1 amide bonds. The van der Waals surface area contributed by atoms with Gasteiger partial charge in [-0.15, -0.1) is 0 Å². The fraction of sp³-hybridized carbons (Fsp3) is 0.133. The highest BCUT2D eigenvalue weighted by atomic mass is 16.4. The van der Waals surface area contributed by atoms with Gasteiger partial charge in [0.15, 0.2) is 0 Å². The Balaban J connectivity index is 2.40. The summed E-state index contributed by atoms with van der Waals surface area (Å²) in [5, 5.41) is 8.99. The van der Waals surface area contributed by atoms with Gasteiger partial charge in [-0.3, -0.25) is 19.3 Å². The number of H-pyrrole nitrogens is 1. The van der Waals surface area contributed by atoms with E-state index in [1.807, 2.05) is 6.92 Å². The number of nitrogens with zero attached hydrogens (tertiary/aromatic N) is 1. The number of anilines is 1. The maximum Gasteiger partial charge on any atom is 0.323 e. The van der Waals surface area contributed by atoms with Gasteiger partial charge in [0.25, 0.3) is 5.91 Å². The molecule has 0 spiro atoms. The average molecular weight is 286 g/mol. The number of aryl methyl sites for hydroxylation is 1. The Morgan fingerprint density at radius 2 is 1.86 bits per heavy atom. The second-order valence-corrected chi connectivity index (χ2v) is 4.56. The van der Waals surface area contributed by atoms with Crippen molar-refractivity contribution in [2.24, 2.45) is 0 Å². The number of aliphatic carboxylic acids is 1. The summed E-state index contributed by atoms with van der Waals surface area (Å²) >= 11 is 0. The van der Waals surface area contributed by atoms with Gasteiger partial charge < -0.3 is 10.1 Å². The third-order valence-electron chi connectivity index (χ3n) is 2.91. The Labute approximate surface area is 120 Å². The SMILES string of the molecule is Cc1ccc(N(CC(=O)O)C(=O)c2cc[nH]c(=O)c2)cc1. The maximum atomic E-state index is 12.4. The van der Waals surface area contributed by atoms with Gasteiger partial charge in [-0.25, -0.2) is 0 Å². The first-order valence-corrected chi connectivity index (χ1v) is 6.26. The van der Waals surface area contributed by atoms with Gasteiger partial charge in [-0.2, -0.15) is 0 Å². The lowest BCUT2D eigenvalue weighted by molar-refractivity contribution is -0.135. The smallest absolute Gasteiger partial charge is 0.323 e. The highest BCUT2D eigenvalue weighted by Crippen LogP contribution is 2.17. The summed E-state index contributed by atoms with van der Waals surface area (Å²) in [7, 11) is 0. The summed E-state index contributed by atoms with van der Waals surface area (Å²) in [5.41, 5.74) is 1.19. The van der Waals surface area contributed by atoms with Crippen LogP contribution in [-0.2, 0) is 4.79 Å². The van der Waals surface area contributed by atoms with Crippen LogP contribution < -0.4 is 10.5 Å². The standard InChI is InChI=1S/C15H14N2O4/c1-10-2-4-12(5-3-10)17(9-14(19)20)15(21)11-6-7-16-13(18)8-11/h2-8H,9H2,1H3,(H,16,18)(H,19,20).